The van der Waals surface area contributed by atoms with Crippen molar-refractivity contribution in [2.24, 2.45) is 0 Å². The third-order valence-corrected chi connectivity index (χ3v) is 4.30. The van der Waals surface area contributed by atoms with Gasteiger partial charge in [0.2, 0.25) is 0 Å². The van der Waals surface area contributed by atoms with E-state index in [1.54, 1.807) is 4.90 Å². The zero-order valence-electron chi connectivity index (χ0n) is 17.7. The SMILES string of the molecule is CC(C)(C)OC(=O)N1CCN(CCOCCNC(=O)OCc2ccccc2)CC1. The van der Waals surface area contributed by atoms with Crippen LogP contribution >= 0.6 is 0 Å². The van der Waals surface area contributed by atoms with Gasteiger partial charge in [-0.3, -0.25) is 4.90 Å². The first kappa shape index (κ1) is 23.0. The lowest BCUT2D eigenvalue weighted by Gasteiger charge is -2.35. The maximum Gasteiger partial charge on any atom is 0.410 e. The number of amides is 2. The van der Waals surface area contributed by atoms with Gasteiger partial charge in [0, 0.05) is 39.3 Å². The van der Waals surface area contributed by atoms with E-state index >= 15 is 0 Å². The number of carbonyl (C=O) groups excluding carboxylic acids is 2. The highest BCUT2D eigenvalue weighted by molar-refractivity contribution is 5.68. The molecule has 1 aliphatic heterocycles. The highest BCUT2D eigenvalue weighted by Gasteiger charge is 2.25. The first-order valence-corrected chi connectivity index (χ1v) is 10.1. The Morgan fingerprint density at radius 3 is 2.38 bits per heavy atom. The van der Waals surface area contributed by atoms with E-state index in [1.807, 2.05) is 51.1 Å². The summed E-state index contributed by atoms with van der Waals surface area (Å²) in [5.41, 5.74) is 0.481. The Kier molecular flexibility index (Phi) is 9.21. The molecule has 8 heteroatoms. The molecule has 0 bridgehead atoms. The summed E-state index contributed by atoms with van der Waals surface area (Å²) in [6.07, 6.45) is -0.700. The highest BCUT2D eigenvalue weighted by atomic mass is 16.6. The second kappa shape index (κ2) is 11.6. The first-order chi connectivity index (χ1) is 13.8. The Balaban J connectivity index is 1.47. The van der Waals surface area contributed by atoms with Gasteiger partial charge in [0.1, 0.15) is 12.2 Å². The normalized spacial score (nSPS) is 15.1. The van der Waals surface area contributed by atoms with Crippen LogP contribution in [0.25, 0.3) is 0 Å². The Morgan fingerprint density at radius 1 is 1.03 bits per heavy atom. The molecule has 1 aromatic rings. The third kappa shape index (κ3) is 9.62. The van der Waals surface area contributed by atoms with E-state index in [0.29, 0.717) is 32.8 Å². The number of nitrogens with zero attached hydrogens (tertiary/aromatic N) is 2. The monoisotopic (exact) mass is 407 g/mol. The van der Waals surface area contributed by atoms with Crippen LogP contribution < -0.4 is 5.32 Å². The number of benzene rings is 1. The summed E-state index contributed by atoms with van der Waals surface area (Å²) < 4.78 is 16.1. The Labute approximate surface area is 173 Å². The average Bonchev–Trinajstić information content (AvgIpc) is 2.69. The van der Waals surface area contributed by atoms with E-state index < -0.39 is 11.7 Å². The predicted molar refractivity (Wildman–Crippen MR) is 110 cm³/mol. The standard InChI is InChI=1S/C21H33N3O5/c1-21(2,3)29-20(26)24-12-10-23(11-13-24)14-16-27-15-9-22-19(25)28-17-18-7-5-4-6-8-18/h4-8H,9-17H2,1-3H3,(H,22,25). The molecule has 0 spiro atoms. The summed E-state index contributed by atoms with van der Waals surface area (Å²) in [6.45, 7) is 11.0. The lowest BCUT2D eigenvalue weighted by Crippen LogP contribution is -2.50. The second-order valence-corrected chi connectivity index (χ2v) is 7.91. The number of ether oxygens (including phenoxy) is 3. The summed E-state index contributed by atoms with van der Waals surface area (Å²) in [5, 5.41) is 2.67. The van der Waals surface area contributed by atoms with Crippen molar-refractivity contribution in [1.82, 2.24) is 15.1 Å². The summed E-state index contributed by atoms with van der Waals surface area (Å²) in [7, 11) is 0. The molecule has 2 rings (SSSR count). The third-order valence-electron chi connectivity index (χ3n) is 4.30. The molecule has 0 atom stereocenters. The van der Waals surface area contributed by atoms with Gasteiger partial charge in [-0.2, -0.15) is 0 Å². The molecule has 1 saturated heterocycles. The molecule has 1 aliphatic rings. The van der Waals surface area contributed by atoms with Crippen molar-refractivity contribution in [1.29, 1.82) is 0 Å². The molecule has 29 heavy (non-hydrogen) atoms. The zero-order chi connectivity index (χ0) is 21.1. The number of rotatable bonds is 8. The molecule has 1 fully saturated rings. The molecule has 1 aromatic carbocycles. The summed E-state index contributed by atoms with van der Waals surface area (Å²) in [5.74, 6) is 0. The molecule has 0 unspecified atom stereocenters. The number of hydrogen-bond donors (Lipinski definition) is 1. The van der Waals surface area contributed by atoms with Crippen LogP contribution in [-0.2, 0) is 20.8 Å². The van der Waals surface area contributed by atoms with E-state index in [1.165, 1.54) is 0 Å². The van der Waals surface area contributed by atoms with Gasteiger partial charge < -0.3 is 24.4 Å². The molecule has 0 saturated carbocycles. The minimum atomic E-state index is -0.468. The van der Waals surface area contributed by atoms with Crippen molar-refractivity contribution in [3.63, 3.8) is 0 Å². The molecule has 2 amide bonds. The van der Waals surface area contributed by atoms with Gasteiger partial charge in [0.25, 0.3) is 0 Å². The Bertz CT molecular complexity index is 625. The molecule has 0 aliphatic carbocycles. The predicted octanol–water partition coefficient (Wildman–Crippen LogP) is 2.48. The lowest BCUT2D eigenvalue weighted by molar-refractivity contribution is 0.0116. The Hall–Kier alpha value is -2.32. The fourth-order valence-electron chi connectivity index (χ4n) is 2.78. The molecule has 0 radical (unpaired) electrons. The Morgan fingerprint density at radius 2 is 1.72 bits per heavy atom. The number of alkyl carbamates (subject to hydrolysis) is 1. The van der Waals surface area contributed by atoms with Crippen LogP contribution in [0.15, 0.2) is 30.3 Å². The fourth-order valence-corrected chi connectivity index (χ4v) is 2.78. The largest absolute Gasteiger partial charge is 0.445 e. The number of nitrogens with one attached hydrogen (secondary N) is 1. The van der Waals surface area contributed by atoms with E-state index in [4.69, 9.17) is 14.2 Å². The minimum absolute atomic E-state index is 0.251. The number of piperazine rings is 1. The first-order valence-electron chi connectivity index (χ1n) is 10.1. The van der Waals surface area contributed by atoms with Crippen LogP contribution in [0.1, 0.15) is 26.3 Å². The number of carbonyl (C=O) groups is 2. The molecule has 8 nitrogen and oxygen atoms in total. The van der Waals surface area contributed by atoms with E-state index in [0.717, 1.165) is 25.2 Å². The van der Waals surface area contributed by atoms with Crippen molar-refractivity contribution in [3.8, 4) is 0 Å². The molecule has 0 aromatic heterocycles. The molecule has 162 valence electrons. The van der Waals surface area contributed by atoms with Crippen LogP contribution in [-0.4, -0.2) is 80.1 Å². The smallest absolute Gasteiger partial charge is 0.410 e. The van der Waals surface area contributed by atoms with Crippen molar-refractivity contribution in [2.75, 3.05) is 52.5 Å². The minimum Gasteiger partial charge on any atom is -0.445 e. The van der Waals surface area contributed by atoms with Gasteiger partial charge in [0.05, 0.1) is 13.2 Å². The van der Waals surface area contributed by atoms with Crippen LogP contribution in [0.3, 0.4) is 0 Å². The van der Waals surface area contributed by atoms with Gasteiger partial charge in [-0.05, 0) is 26.3 Å². The van der Waals surface area contributed by atoms with Crippen LogP contribution in [0.4, 0.5) is 9.59 Å². The van der Waals surface area contributed by atoms with Crippen molar-refractivity contribution in [3.05, 3.63) is 35.9 Å². The topological polar surface area (TPSA) is 80.3 Å². The fraction of sp³-hybridized carbons (Fsp3) is 0.619. The summed E-state index contributed by atoms with van der Waals surface area (Å²) in [4.78, 5) is 27.7. The van der Waals surface area contributed by atoms with Gasteiger partial charge in [-0.15, -0.1) is 0 Å². The van der Waals surface area contributed by atoms with E-state index in [-0.39, 0.29) is 12.7 Å². The van der Waals surface area contributed by atoms with E-state index in [2.05, 4.69) is 10.2 Å². The van der Waals surface area contributed by atoms with Crippen molar-refractivity contribution in [2.45, 2.75) is 33.0 Å². The summed E-state index contributed by atoms with van der Waals surface area (Å²) >= 11 is 0. The maximum absolute atomic E-state index is 12.1. The molecule has 1 heterocycles. The van der Waals surface area contributed by atoms with Gasteiger partial charge in [0.15, 0.2) is 0 Å². The van der Waals surface area contributed by atoms with Crippen LogP contribution in [0.5, 0.6) is 0 Å². The zero-order valence-corrected chi connectivity index (χ0v) is 17.7. The van der Waals surface area contributed by atoms with Crippen molar-refractivity contribution >= 4 is 12.2 Å². The highest BCUT2D eigenvalue weighted by Crippen LogP contribution is 2.11. The lowest BCUT2D eigenvalue weighted by atomic mass is 10.2. The number of hydrogen-bond acceptors (Lipinski definition) is 6. The van der Waals surface area contributed by atoms with E-state index in [9.17, 15) is 9.59 Å². The van der Waals surface area contributed by atoms with Gasteiger partial charge >= 0.3 is 12.2 Å². The van der Waals surface area contributed by atoms with Gasteiger partial charge in [-0.25, -0.2) is 9.59 Å². The summed E-state index contributed by atoms with van der Waals surface area (Å²) in [6, 6.07) is 9.54. The molecule has 1 N–H and O–H groups in total. The van der Waals surface area contributed by atoms with Crippen LogP contribution in [0.2, 0.25) is 0 Å². The molecular formula is C21H33N3O5. The molecular weight excluding hydrogens is 374 g/mol. The van der Waals surface area contributed by atoms with Gasteiger partial charge in [-0.1, -0.05) is 30.3 Å². The van der Waals surface area contributed by atoms with Crippen molar-refractivity contribution < 1.29 is 23.8 Å². The average molecular weight is 408 g/mol. The van der Waals surface area contributed by atoms with Crippen LogP contribution in [0, 0.1) is 0 Å². The quantitative estimate of drug-likeness (QED) is 0.667. The maximum atomic E-state index is 12.1. The second-order valence-electron chi connectivity index (χ2n) is 7.91.